The summed E-state index contributed by atoms with van der Waals surface area (Å²) in [6.45, 7) is 18.6. The Bertz CT molecular complexity index is 2490. The molecule has 9 rings (SSSR count). The van der Waals surface area contributed by atoms with Gasteiger partial charge < -0.3 is 4.90 Å². The van der Waals surface area contributed by atoms with Crippen molar-refractivity contribution < 1.29 is 0 Å². The summed E-state index contributed by atoms with van der Waals surface area (Å²) < 4.78 is 0. The van der Waals surface area contributed by atoms with Crippen molar-refractivity contribution in [2.75, 3.05) is 4.90 Å². The van der Waals surface area contributed by atoms with Gasteiger partial charge in [0.25, 0.3) is 0 Å². The van der Waals surface area contributed by atoms with Crippen LogP contribution in [0.25, 0.3) is 33.5 Å². The molecule has 0 atom stereocenters. The van der Waals surface area contributed by atoms with Crippen molar-refractivity contribution in [2.45, 2.75) is 71.6 Å². The molecule has 5 aromatic carbocycles. The van der Waals surface area contributed by atoms with E-state index in [4.69, 9.17) is 4.98 Å². The molecule has 3 aliphatic rings. The van der Waals surface area contributed by atoms with Crippen LogP contribution in [-0.4, -0.2) is 4.98 Å². The molecule has 50 heavy (non-hydrogen) atoms. The minimum Gasteiger partial charge on any atom is -0.307 e. The lowest BCUT2D eigenvalue weighted by molar-refractivity contribution is 0.557. The number of pyridine rings is 1. The maximum Gasteiger partial charge on any atom is 0.0998 e. The van der Waals surface area contributed by atoms with E-state index >= 15 is 0 Å². The van der Waals surface area contributed by atoms with Crippen LogP contribution in [0.1, 0.15) is 91.7 Å². The highest BCUT2D eigenvalue weighted by atomic mass is 15.2. The zero-order valence-electron chi connectivity index (χ0n) is 30.2. The number of rotatable bonds is 3. The fraction of sp³-hybridized carbons (Fsp3) is 0.234. The van der Waals surface area contributed by atoms with Gasteiger partial charge in [0.2, 0.25) is 0 Å². The van der Waals surface area contributed by atoms with Crippen molar-refractivity contribution in [2.24, 2.45) is 0 Å². The minimum absolute atomic E-state index is 0.293. The van der Waals surface area contributed by atoms with Crippen LogP contribution < -0.4 is 4.90 Å². The monoisotopic (exact) mass is 647 g/mol. The second kappa shape index (κ2) is 10.1. The lowest BCUT2D eigenvalue weighted by Gasteiger charge is -2.55. The minimum atomic E-state index is -0.415. The van der Waals surface area contributed by atoms with Gasteiger partial charge in [0.15, 0.2) is 0 Å². The number of nitriles is 1. The molecule has 3 aliphatic heterocycles. The van der Waals surface area contributed by atoms with Crippen molar-refractivity contribution in [3.05, 3.63) is 153 Å². The predicted octanol–water partition coefficient (Wildman–Crippen LogP) is 12.0. The number of anilines is 3. The van der Waals surface area contributed by atoms with Gasteiger partial charge in [-0.05, 0) is 120 Å². The molecule has 0 spiro atoms. The van der Waals surface area contributed by atoms with Gasteiger partial charge in [-0.25, -0.2) is 4.98 Å². The summed E-state index contributed by atoms with van der Waals surface area (Å²) in [5.41, 5.74) is 20.2. The zero-order chi connectivity index (χ0) is 34.9. The average Bonchev–Trinajstić information content (AvgIpc) is 3.10. The van der Waals surface area contributed by atoms with E-state index in [-0.39, 0.29) is 10.8 Å². The van der Waals surface area contributed by atoms with Crippen LogP contribution >= 0.6 is 0 Å². The van der Waals surface area contributed by atoms with Gasteiger partial charge in [-0.2, -0.15) is 5.26 Å². The van der Waals surface area contributed by atoms with Gasteiger partial charge in [-0.3, -0.25) is 0 Å². The second-order valence-corrected chi connectivity index (χ2v) is 16.1. The van der Waals surface area contributed by atoms with E-state index in [2.05, 4.69) is 151 Å². The molecule has 0 radical (unpaired) electrons. The molecule has 0 saturated carbocycles. The van der Waals surface area contributed by atoms with Crippen LogP contribution in [0.4, 0.5) is 17.1 Å². The van der Waals surface area contributed by atoms with Crippen LogP contribution in [0.2, 0.25) is 0 Å². The number of hydrogen-bond donors (Lipinski definition) is 0. The number of hydrogen-bond acceptors (Lipinski definition) is 3. The quantitative estimate of drug-likeness (QED) is 0.192. The summed E-state index contributed by atoms with van der Waals surface area (Å²) in [5, 5.41) is 10.2. The van der Waals surface area contributed by atoms with E-state index in [0.29, 0.717) is 5.56 Å². The Morgan fingerprint density at radius 1 is 0.540 bits per heavy atom. The van der Waals surface area contributed by atoms with Gasteiger partial charge in [-0.15, -0.1) is 0 Å². The molecule has 0 bridgehead atoms. The third-order valence-electron chi connectivity index (χ3n) is 12.0. The Morgan fingerprint density at radius 2 is 1.10 bits per heavy atom. The Balaban J connectivity index is 1.44. The molecule has 3 heteroatoms. The molecular weight excluding hydrogens is 607 g/mol. The van der Waals surface area contributed by atoms with Crippen molar-refractivity contribution in [3.8, 4) is 39.6 Å². The normalized spacial score (nSPS) is 16.4. The van der Waals surface area contributed by atoms with E-state index in [1.807, 2.05) is 18.2 Å². The van der Waals surface area contributed by atoms with Gasteiger partial charge in [0.1, 0.15) is 0 Å². The molecular formula is C47H41N3. The van der Waals surface area contributed by atoms with Gasteiger partial charge in [-0.1, -0.05) is 100.0 Å². The molecule has 0 unspecified atom stereocenters. The van der Waals surface area contributed by atoms with Crippen molar-refractivity contribution >= 4 is 17.1 Å². The molecule has 244 valence electrons. The van der Waals surface area contributed by atoms with E-state index in [9.17, 15) is 5.26 Å². The third-order valence-corrected chi connectivity index (χ3v) is 12.0. The average molecular weight is 648 g/mol. The van der Waals surface area contributed by atoms with Crippen LogP contribution in [0.3, 0.4) is 0 Å². The molecule has 0 aliphatic carbocycles. The molecule has 0 N–H and O–H groups in total. The SMILES string of the molecule is Cc1ccc(-c2cc3c4c(n2)C(C)(C)c2cc(-c5ccccc5C#N)cc5c2N4c2c(cc(-c4ccccc4)cc2C3(C)C)C5(C)C)c(C)c1. The number of nitrogens with zero attached hydrogens (tertiary/aromatic N) is 3. The molecule has 3 nitrogen and oxygen atoms in total. The first-order valence-corrected chi connectivity index (χ1v) is 17.7. The van der Waals surface area contributed by atoms with Gasteiger partial charge >= 0.3 is 0 Å². The summed E-state index contributed by atoms with van der Waals surface area (Å²) >= 11 is 0. The largest absolute Gasteiger partial charge is 0.307 e. The number of benzene rings is 5. The van der Waals surface area contributed by atoms with Crippen LogP contribution in [0.5, 0.6) is 0 Å². The summed E-state index contributed by atoms with van der Waals surface area (Å²) in [6, 6.07) is 40.0. The summed E-state index contributed by atoms with van der Waals surface area (Å²) in [7, 11) is 0. The molecule has 0 amide bonds. The van der Waals surface area contributed by atoms with Gasteiger partial charge in [0.05, 0.1) is 40.1 Å². The van der Waals surface area contributed by atoms with Crippen LogP contribution in [0.15, 0.2) is 103 Å². The Hall–Kier alpha value is -5.46. The van der Waals surface area contributed by atoms with E-state index in [1.165, 1.54) is 72.7 Å². The Morgan fingerprint density at radius 3 is 1.72 bits per heavy atom. The van der Waals surface area contributed by atoms with E-state index in [1.54, 1.807) is 0 Å². The fourth-order valence-corrected chi connectivity index (χ4v) is 9.11. The molecule has 4 heterocycles. The first-order chi connectivity index (χ1) is 23.8. The first kappa shape index (κ1) is 30.6. The Labute approximate surface area is 295 Å². The summed E-state index contributed by atoms with van der Waals surface area (Å²) in [4.78, 5) is 8.23. The smallest absolute Gasteiger partial charge is 0.0998 e. The van der Waals surface area contributed by atoms with Gasteiger partial charge in [0, 0.05) is 21.8 Å². The van der Waals surface area contributed by atoms with Crippen LogP contribution in [0, 0.1) is 25.2 Å². The highest BCUT2D eigenvalue weighted by Gasteiger charge is 2.53. The lowest BCUT2D eigenvalue weighted by atomic mass is 9.61. The standard InChI is InChI=1S/C47H41N3/c1-27-18-19-33(28(2)20-27)40-25-39-43-44(49-40)47(7,8)38-24-32(34-17-13-12-16-30(34)26-48)23-37-42(38)50(43)41-35(45(37,3)4)21-31(22-36(41)46(39,5)6)29-14-10-9-11-15-29/h9-25H,1-8H3. The fourth-order valence-electron chi connectivity index (χ4n) is 9.11. The number of aryl methyl sites for hydroxylation is 2. The molecule has 6 aromatic rings. The first-order valence-electron chi connectivity index (χ1n) is 17.7. The van der Waals surface area contributed by atoms with Crippen LogP contribution in [-0.2, 0) is 16.2 Å². The molecule has 1 aromatic heterocycles. The molecule has 0 fully saturated rings. The zero-order valence-corrected chi connectivity index (χ0v) is 30.2. The van der Waals surface area contributed by atoms with Crippen molar-refractivity contribution in [1.29, 1.82) is 5.26 Å². The second-order valence-electron chi connectivity index (χ2n) is 16.1. The van der Waals surface area contributed by atoms with E-state index in [0.717, 1.165) is 22.5 Å². The third kappa shape index (κ3) is 3.94. The Kier molecular flexibility index (Phi) is 6.15. The van der Waals surface area contributed by atoms with E-state index < -0.39 is 5.41 Å². The maximum atomic E-state index is 10.2. The van der Waals surface area contributed by atoms with Crippen molar-refractivity contribution in [1.82, 2.24) is 4.98 Å². The topological polar surface area (TPSA) is 39.9 Å². The van der Waals surface area contributed by atoms with Crippen molar-refractivity contribution in [3.63, 3.8) is 0 Å². The predicted molar refractivity (Wildman–Crippen MR) is 206 cm³/mol. The highest BCUT2D eigenvalue weighted by molar-refractivity contribution is 6.00. The molecule has 0 saturated heterocycles. The summed E-state index contributed by atoms with van der Waals surface area (Å²) in [6.07, 6.45) is 0. The summed E-state index contributed by atoms with van der Waals surface area (Å²) in [5.74, 6) is 0. The highest BCUT2D eigenvalue weighted by Crippen LogP contribution is 2.67. The maximum absolute atomic E-state index is 10.2. The lowest BCUT2D eigenvalue weighted by Crippen LogP contribution is -2.44. The number of aromatic nitrogens is 1.